The highest BCUT2D eigenvalue weighted by Crippen LogP contribution is 2.15. The molecule has 0 atom stereocenters. The van der Waals surface area contributed by atoms with Crippen LogP contribution in [-0.4, -0.2) is 31.6 Å². The Hall–Kier alpha value is 0.0500. The number of hydrogen-bond donors (Lipinski definition) is 2. The molecule has 1 rings (SSSR count). The van der Waals surface area contributed by atoms with Gasteiger partial charge in [-0.3, -0.25) is 4.99 Å². The molecule has 0 unspecified atom stereocenters. The number of unbranched alkanes of at least 4 members (excludes halogenated alkanes) is 1. The molecule has 2 N–H and O–H groups in total. The van der Waals surface area contributed by atoms with Crippen LogP contribution in [0.25, 0.3) is 0 Å². The fraction of sp³-hybridized carbons (Fsp3) is 0.533. The third-order valence-electron chi connectivity index (χ3n) is 3.04. The number of thioether (sulfide) groups is 1. The molecule has 6 heteroatoms. The van der Waals surface area contributed by atoms with Crippen molar-refractivity contribution in [1.82, 2.24) is 10.6 Å². The van der Waals surface area contributed by atoms with Crippen molar-refractivity contribution < 1.29 is 0 Å². The number of nitrogens with zero attached hydrogens (tertiary/aromatic N) is 1. The second kappa shape index (κ2) is 12.6. The van der Waals surface area contributed by atoms with Crippen molar-refractivity contribution in [2.24, 2.45) is 4.99 Å². The Kier molecular flexibility index (Phi) is 12.6. The van der Waals surface area contributed by atoms with E-state index in [-0.39, 0.29) is 24.0 Å². The number of aryl methyl sites for hydroxylation is 1. The van der Waals surface area contributed by atoms with Crippen molar-refractivity contribution in [3.05, 3.63) is 33.8 Å². The molecule has 3 nitrogen and oxygen atoms in total. The van der Waals surface area contributed by atoms with E-state index in [1.807, 2.05) is 18.8 Å². The third kappa shape index (κ3) is 8.93. The SMILES string of the molecule is CN=C(NCCCCSC)NCc1ccc(Br)cc1C.I. The fourth-order valence-electron chi connectivity index (χ4n) is 1.84. The summed E-state index contributed by atoms with van der Waals surface area (Å²) in [5.74, 6) is 2.10. The number of halogens is 2. The van der Waals surface area contributed by atoms with E-state index in [4.69, 9.17) is 0 Å². The zero-order valence-corrected chi connectivity index (χ0v) is 17.6. The normalized spacial score (nSPS) is 11.0. The van der Waals surface area contributed by atoms with Gasteiger partial charge in [-0.1, -0.05) is 22.0 Å². The summed E-state index contributed by atoms with van der Waals surface area (Å²) in [4.78, 5) is 4.25. The maximum Gasteiger partial charge on any atom is 0.191 e. The van der Waals surface area contributed by atoms with Gasteiger partial charge in [-0.25, -0.2) is 0 Å². The minimum absolute atomic E-state index is 0. The number of aliphatic imine (C=N–C) groups is 1. The molecular formula is C15H25BrIN3S. The van der Waals surface area contributed by atoms with Crippen LogP contribution >= 0.6 is 51.7 Å². The van der Waals surface area contributed by atoms with Crippen LogP contribution in [0.5, 0.6) is 0 Å². The molecule has 21 heavy (non-hydrogen) atoms. The summed E-state index contributed by atoms with van der Waals surface area (Å²) in [5, 5.41) is 6.71. The molecule has 0 aliphatic rings. The Morgan fingerprint density at radius 1 is 1.29 bits per heavy atom. The Morgan fingerprint density at radius 3 is 2.67 bits per heavy atom. The van der Waals surface area contributed by atoms with Crippen molar-refractivity contribution in [3.8, 4) is 0 Å². The molecule has 0 radical (unpaired) electrons. The molecule has 1 aromatic carbocycles. The highest BCUT2D eigenvalue weighted by Gasteiger charge is 2.01. The number of guanidine groups is 1. The number of hydrogen-bond acceptors (Lipinski definition) is 2. The summed E-state index contributed by atoms with van der Waals surface area (Å²) in [6.07, 6.45) is 4.57. The van der Waals surface area contributed by atoms with Crippen LogP contribution in [0, 0.1) is 6.92 Å². The molecule has 0 aliphatic carbocycles. The van der Waals surface area contributed by atoms with Crippen molar-refractivity contribution in [1.29, 1.82) is 0 Å². The molecule has 0 spiro atoms. The van der Waals surface area contributed by atoms with E-state index >= 15 is 0 Å². The molecule has 0 heterocycles. The smallest absolute Gasteiger partial charge is 0.191 e. The van der Waals surface area contributed by atoms with E-state index in [0.717, 1.165) is 23.5 Å². The molecule has 0 amide bonds. The summed E-state index contributed by atoms with van der Waals surface area (Å²) in [7, 11) is 1.81. The Labute approximate surface area is 158 Å². The first-order chi connectivity index (χ1) is 9.67. The van der Waals surface area contributed by atoms with Crippen LogP contribution < -0.4 is 10.6 Å². The monoisotopic (exact) mass is 485 g/mol. The second-order valence-corrected chi connectivity index (χ2v) is 6.52. The molecule has 1 aromatic rings. The zero-order chi connectivity index (χ0) is 14.8. The Balaban J connectivity index is 0.00000400. The molecule has 0 bridgehead atoms. The van der Waals surface area contributed by atoms with Crippen molar-refractivity contribution in [2.45, 2.75) is 26.3 Å². The van der Waals surface area contributed by atoms with E-state index in [9.17, 15) is 0 Å². The van der Waals surface area contributed by atoms with Crippen LogP contribution in [0.4, 0.5) is 0 Å². The Bertz CT molecular complexity index is 441. The van der Waals surface area contributed by atoms with Crippen molar-refractivity contribution >= 4 is 57.6 Å². The van der Waals surface area contributed by atoms with E-state index in [1.54, 1.807) is 0 Å². The van der Waals surface area contributed by atoms with Gasteiger partial charge in [0.15, 0.2) is 5.96 Å². The lowest BCUT2D eigenvalue weighted by Gasteiger charge is -2.13. The Morgan fingerprint density at radius 2 is 2.05 bits per heavy atom. The molecule has 0 fully saturated rings. The van der Waals surface area contributed by atoms with Gasteiger partial charge in [-0.15, -0.1) is 24.0 Å². The first-order valence-electron chi connectivity index (χ1n) is 6.86. The zero-order valence-electron chi connectivity index (χ0n) is 12.9. The van der Waals surface area contributed by atoms with Gasteiger partial charge >= 0.3 is 0 Å². The van der Waals surface area contributed by atoms with Crippen LogP contribution in [0.15, 0.2) is 27.7 Å². The quantitative estimate of drug-likeness (QED) is 0.263. The lowest BCUT2D eigenvalue weighted by atomic mass is 10.1. The van der Waals surface area contributed by atoms with Gasteiger partial charge in [0.25, 0.3) is 0 Å². The van der Waals surface area contributed by atoms with Crippen LogP contribution in [-0.2, 0) is 6.54 Å². The molecular weight excluding hydrogens is 461 g/mol. The van der Waals surface area contributed by atoms with E-state index in [1.165, 1.54) is 29.7 Å². The maximum absolute atomic E-state index is 4.25. The maximum atomic E-state index is 4.25. The van der Waals surface area contributed by atoms with Crippen LogP contribution in [0.1, 0.15) is 24.0 Å². The minimum Gasteiger partial charge on any atom is -0.356 e. The molecule has 120 valence electrons. The molecule has 0 aliphatic heterocycles. The second-order valence-electron chi connectivity index (χ2n) is 4.62. The lowest BCUT2D eigenvalue weighted by molar-refractivity contribution is 0.732. The van der Waals surface area contributed by atoms with Gasteiger partial charge < -0.3 is 10.6 Å². The topological polar surface area (TPSA) is 36.4 Å². The predicted octanol–water partition coefficient (Wildman–Crippen LogP) is 4.18. The van der Waals surface area contributed by atoms with Gasteiger partial charge in [-0.2, -0.15) is 11.8 Å². The highest BCUT2D eigenvalue weighted by atomic mass is 127. The van der Waals surface area contributed by atoms with E-state index < -0.39 is 0 Å². The molecule has 0 saturated carbocycles. The van der Waals surface area contributed by atoms with Gasteiger partial charge in [0, 0.05) is 24.6 Å². The van der Waals surface area contributed by atoms with Gasteiger partial charge in [-0.05, 0) is 55.0 Å². The summed E-state index contributed by atoms with van der Waals surface area (Å²) >= 11 is 5.39. The standard InChI is InChI=1S/C15H24BrN3S.HI/c1-12-10-14(16)7-6-13(12)11-19-15(17-2)18-8-4-5-9-20-3;/h6-7,10H,4-5,8-9,11H2,1-3H3,(H2,17,18,19);1H. The summed E-state index contributed by atoms with van der Waals surface area (Å²) in [6, 6.07) is 6.34. The summed E-state index contributed by atoms with van der Waals surface area (Å²) in [5.41, 5.74) is 2.57. The molecule has 0 saturated heterocycles. The number of rotatable bonds is 7. The highest BCUT2D eigenvalue weighted by molar-refractivity contribution is 14.0. The fourth-order valence-corrected chi connectivity index (χ4v) is 2.80. The first-order valence-corrected chi connectivity index (χ1v) is 9.04. The van der Waals surface area contributed by atoms with Crippen LogP contribution in [0.2, 0.25) is 0 Å². The molecule has 0 aromatic heterocycles. The van der Waals surface area contributed by atoms with Gasteiger partial charge in [0.05, 0.1) is 0 Å². The van der Waals surface area contributed by atoms with E-state index in [2.05, 4.69) is 62.9 Å². The first kappa shape index (κ1) is 21.0. The minimum atomic E-state index is 0. The largest absolute Gasteiger partial charge is 0.356 e. The average molecular weight is 486 g/mol. The number of nitrogens with one attached hydrogen (secondary N) is 2. The van der Waals surface area contributed by atoms with Crippen molar-refractivity contribution in [3.63, 3.8) is 0 Å². The van der Waals surface area contributed by atoms with Gasteiger partial charge in [0.2, 0.25) is 0 Å². The summed E-state index contributed by atoms with van der Waals surface area (Å²) < 4.78 is 1.12. The predicted molar refractivity (Wildman–Crippen MR) is 110 cm³/mol. The number of benzene rings is 1. The third-order valence-corrected chi connectivity index (χ3v) is 4.23. The summed E-state index contributed by atoms with van der Waals surface area (Å²) in [6.45, 7) is 3.89. The lowest BCUT2D eigenvalue weighted by Crippen LogP contribution is -2.37. The van der Waals surface area contributed by atoms with Crippen LogP contribution in [0.3, 0.4) is 0 Å². The van der Waals surface area contributed by atoms with Crippen molar-refractivity contribution in [2.75, 3.05) is 25.6 Å². The van der Waals surface area contributed by atoms with E-state index in [0.29, 0.717) is 0 Å². The average Bonchev–Trinajstić information content (AvgIpc) is 2.43. The van der Waals surface area contributed by atoms with Gasteiger partial charge in [0.1, 0.15) is 0 Å².